The van der Waals surface area contributed by atoms with E-state index in [-0.39, 0.29) is 5.75 Å². The quantitative estimate of drug-likeness (QED) is 0.889. The molecule has 5 heteroatoms. The second-order valence-electron chi connectivity index (χ2n) is 3.84. The number of phenols is 1. The lowest BCUT2D eigenvalue weighted by Gasteiger charge is -2.11. The topological polar surface area (TPSA) is 58.0 Å². The molecule has 0 aliphatic heterocycles. The van der Waals surface area contributed by atoms with Gasteiger partial charge in [0.15, 0.2) is 0 Å². The van der Waals surface area contributed by atoms with Crippen LogP contribution in [0.4, 0.5) is 5.82 Å². The molecule has 0 bridgehead atoms. The van der Waals surface area contributed by atoms with Gasteiger partial charge in [-0.15, -0.1) is 0 Å². The van der Waals surface area contributed by atoms with Gasteiger partial charge in [0.1, 0.15) is 17.9 Å². The molecule has 1 heterocycles. The summed E-state index contributed by atoms with van der Waals surface area (Å²) in [6.45, 7) is 4.09. The Kier molecular flexibility index (Phi) is 2.96. The smallest absolute Gasteiger partial charge is 0.137 e. The molecule has 0 radical (unpaired) electrons. The summed E-state index contributed by atoms with van der Waals surface area (Å²) in [5.41, 5.74) is 0.721. The fourth-order valence-electron chi connectivity index (χ4n) is 1.45. The third-order valence-corrected chi connectivity index (χ3v) is 2.76. The number of phenolic OH excluding ortho intramolecular Hbond substituents is 1. The molecule has 2 rings (SSSR count). The van der Waals surface area contributed by atoms with E-state index >= 15 is 0 Å². The highest BCUT2D eigenvalue weighted by Gasteiger charge is 2.08. The first kappa shape index (κ1) is 11.1. The predicted octanol–water partition coefficient (Wildman–Crippen LogP) is 2.92. The van der Waals surface area contributed by atoms with Crippen molar-refractivity contribution < 1.29 is 5.11 Å². The van der Waals surface area contributed by atoms with Gasteiger partial charge in [-0.3, -0.25) is 0 Å². The van der Waals surface area contributed by atoms with Crippen molar-refractivity contribution in [2.24, 2.45) is 0 Å². The molecule has 0 saturated heterocycles. The summed E-state index contributed by atoms with van der Waals surface area (Å²) in [7, 11) is 0. The minimum atomic E-state index is 0.182. The molecule has 0 aliphatic rings. The van der Waals surface area contributed by atoms with Gasteiger partial charge in [-0.05, 0) is 35.8 Å². The molecule has 0 unspecified atom stereocenters. The van der Waals surface area contributed by atoms with Crippen LogP contribution in [0, 0.1) is 0 Å². The lowest BCUT2D eigenvalue weighted by atomic mass is 10.2. The van der Waals surface area contributed by atoms with Gasteiger partial charge in [-0.2, -0.15) is 0 Å². The average Bonchev–Trinajstić information content (AvgIpc) is 2.20. The standard InChI is InChI=1S/C11H12BrN3O/c1-6(2)15-11-7-3-8(12)10(16)4-9(7)13-5-14-11/h3-6,16H,1-2H3,(H,13,14,15). The second-order valence-corrected chi connectivity index (χ2v) is 4.70. The van der Waals surface area contributed by atoms with E-state index in [2.05, 4.69) is 31.2 Å². The van der Waals surface area contributed by atoms with Crippen molar-refractivity contribution in [3.8, 4) is 5.75 Å². The zero-order valence-electron chi connectivity index (χ0n) is 9.03. The molecule has 1 aromatic heterocycles. The van der Waals surface area contributed by atoms with E-state index in [1.807, 2.05) is 19.9 Å². The Morgan fingerprint density at radius 3 is 2.75 bits per heavy atom. The fraction of sp³-hybridized carbons (Fsp3) is 0.273. The number of hydrogen-bond acceptors (Lipinski definition) is 4. The Morgan fingerprint density at radius 2 is 2.06 bits per heavy atom. The molecule has 84 valence electrons. The van der Waals surface area contributed by atoms with Crippen LogP contribution in [0.1, 0.15) is 13.8 Å². The number of aromatic nitrogens is 2. The van der Waals surface area contributed by atoms with E-state index in [0.717, 1.165) is 16.7 Å². The number of nitrogens with zero attached hydrogens (tertiary/aromatic N) is 2. The summed E-state index contributed by atoms with van der Waals surface area (Å²) in [4.78, 5) is 8.31. The van der Waals surface area contributed by atoms with Crippen LogP contribution in [-0.4, -0.2) is 21.1 Å². The number of hydrogen-bond donors (Lipinski definition) is 2. The maximum absolute atomic E-state index is 9.56. The first-order valence-corrected chi connectivity index (χ1v) is 5.77. The van der Waals surface area contributed by atoms with E-state index in [1.165, 1.54) is 6.33 Å². The van der Waals surface area contributed by atoms with E-state index in [4.69, 9.17) is 0 Å². The van der Waals surface area contributed by atoms with Gasteiger partial charge in [-0.1, -0.05) is 0 Å². The highest BCUT2D eigenvalue weighted by atomic mass is 79.9. The van der Waals surface area contributed by atoms with Crippen molar-refractivity contribution in [2.75, 3.05) is 5.32 Å². The van der Waals surface area contributed by atoms with Crippen molar-refractivity contribution in [2.45, 2.75) is 19.9 Å². The highest BCUT2D eigenvalue weighted by molar-refractivity contribution is 9.10. The SMILES string of the molecule is CC(C)Nc1ncnc2cc(O)c(Br)cc12. The summed E-state index contributed by atoms with van der Waals surface area (Å²) in [6, 6.07) is 3.73. The van der Waals surface area contributed by atoms with Crippen LogP contribution in [-0.2, 0) is 0 Å². The zero-order chi connectivity index (χ0) is 11.7. The van der Waals surface area contributed by atoms with Crippen molar-refractivity contribution in [1.82, 2.24) is 9.97 Å². The number of benzene rings is 1. The number of fused-ring (bicyclic) bond motifs is 1. The molecule has 0 fully saturated rings. The van der Waals surface area contributed by atoms with E-state index in [1.54, 1.807) is 6.07 Å². The normalized spacial score (nSPS) is 11.0. The minimum absolute atomic E-state index is 0.182. The minimum Gasteiger partial charge on any atom is -0.507 e. The monoisotopic (exact) mass is 281 g/mol. The summed E-state index contributed by atoms with van der Waals surface area (Å²) >= 11 is 3.28. The van der Waals surface area contributed by atoms with Crippen LogP contribution in [0.15, 0.2) is 22.9 Å². The van der Waals surface area contributed by atoms with Gasteiger partial charge < -0.3 is 10.4 Å². The van der Waals surface area contributed by atoms with Crippen molar-refractivity contribution >= 4 is 32.7 Å². The number of halogens is 1. The summed E-state index contributed by atoms with van der Waals surface area (Å²) in [5, 5.41) is 13.7. The van der Waals surface area contributed by atoms with Crippen LogP contribution in [0.5, 0.6) is 5.75 Å². The van der Waals surface area contributed by atoms with E-state index < -0.39 is 0 Å². The molecule has 2 aromatic rings. The lowest BCUT2D eigenvalue weighted by molar-refractivity contribution is 0.472. The van der Waals surface area contributed by atoms with Crippen LogP contribution in [0.2, 0.25) is 0 Å². The summed E-state index contributed by atoms with van der Waals surface area (Å²) < 4.78 is 0.640. The molecular formula is C11H12BrN3O. The molecule has 16 heavy (non-hydrogen) atoms. The second kappa shape index (κ2) is 4.25. The van der Waals surface area contributed by atoms with Gasteiger partial charge in [0.25, 0.3) is 0 Å². The van der Waals surface area contributed by atoms with Gasteiger partial charge in [-0.25, -0.2) is 9.97 Å². The molecule has 2 N–H and O–H groups in total. The summed E-state index contributed by atoms with van der Waals surface area (Å²) in [6.07, 6.45) is 1.49. The predicted molar refractivity (Wildman–Crippen MR) is 67.7 cm³/mol. The fourth-order valence-corrected chi connectivity index (χ4v) is 1.80. The highest BCUT2D eigenvalue weighted by Crippen LogP contribution is 2.31. The molecular weight excluding hydrogens is 270 g/mol. The van der Waals surface area contributed by atoms with Gasteiger partial charge >= 0.3 is 0 Å². The molecule has 0 aliphatic carbocycles. The van der Waals surface area contributed by atoms with Crippen molar-refractivity contribution in [1.29, 1.82) is 0 Å². The molecule has 0 atom stereocenters. The van der Waals surface area contributed by atoms with Gasteiger partial charge in [0.05, 0.1) is 9.99 Å². The van der Waals surface area contributed by atoms with Crippen molar-refractivity contribution in [3.05, 3.63) is 22.9 Å². The number of aromatic hydroxyl groups is 1. The Balaban J connectivity index is 2.62. The molecule has 0 amide bonds. The molecule has 1 aromatic carbocycles. The lowest BCUT2D eigenvalue weighted by Crippen LogP contribution is -2.11. The van der Waals surface area contributed by atoms with Gasteiger partial charge in [0, 0.05) is 17.5 Å². The first-order valence-electron chi connectivity index (χ1n) is 4.97. The molecule has 0 saturated carbocycles. The maximum atomic E-state index is 9.56. The molecule has 0 spiro atoms. The maximum Gasteiger partial charge on any atom is 0.137 e. The zero-order valence-corrected chi connectivity index (χ0v) is 10.6. The average molecular weight is 282 g/mol. The van der Waals surface area contributed by atoms with E-state index in [9.17, 15) is 5.11 Å². The molecule has 4 nitrogen and oxygen atoms in total. The van der Waals surface area contributed by atoms with Crippen LogP contribution in [0.3, 0.4) is 0 Å². The third-order valence-electron chi connectivity index (χ3n) is 2.13. The van der Waals surface area contributed by atoms with Crippen LogP contribution in [0.25, 0.3) is 10.9 Å². The van der Waals surface area contributed by atoms with Crippen LogP contribution < -0.4 is 5.32 Å². The Labute approximate surface area is 102 Å². The largest absolute Gasteiger partial charge is 0.507 e. The first-order chi connectivity index (χ1) is 7.58. The Morgan fingerprint density at radius 1 is 1.31 bits per heavy atom. The Bertz CT molecular complexity index is 528. The number of rotatable bonds is 2. The summed E-state index contributed by atoms with van der Waals surface area (Å²) in [5.74, 6) is 0.961. The van der Waals surface area contributed by atoms with Crippen LogP contribution >= 0.6 is 15.9 Å². The number of nitrogens with one attached hydrogen (secondary N) is 1. The Hall–Kier alpha value is -1.36. The third kappa shape index (κ3) is 2.09. The number of anilines is 1. The van der Waals surface area contributed by atoms with Gasteiger partial charge in [0.2, 0.25) is 0 Å². The van der Waals surface area contributed by atoms with Crippen molar-refractivity contribution in [3.63, 3.8) is 0 Å². The van der Waals surface area contributed by atoms with E-state index in [0.29, 0.717) is 10.5 Å².